The van der Waals surface area contributed by atoms with Crippen molar-refractivity contribution in [2.24, 2.45) is 11.3 Å². The Morgan fingerprint density at radius 1 is 1.38 bits per heavy atom. The molecular formula is C12H23N. The lowest BCUT2D eigenvalue weighted by atomic mass is 9.72. The molecule has 0 aromatic rings. The minimum Gasteiger partial charge on any atom is -0.383 e. The normalized spacial score (nSPS) is 37.5. The van der Waals surface area contributed by atoms with E-state index >= 15 is 0 Å². The molecule has 1 aliphatic rings. The van der Waals surface area contributed by atoms with Crippen molar-refractivity contribution in [1.29, 1.82) is 0 Å². The number of hydrogen-bond acceptors (Lipinski definition) is 1. The Bertz CT molecular complexity index is 217. The van der Waals surface area contributed by atoms with Crippen molar-refractivity contribution in [3.63, 3.8) is 0 Å². The fraction of sp³-hybridized carbons (Fsp3) is 0.833. The third-order valence-electron chi connectivity index (χ3n) is 4.22. The Morgan fingerprint density at radius 3 is 2.23 bits per heavy atom. The summed E-state index contributed by atoms with van der Waals surface area (Å²) in [6.07, 6.45) is 2.58. The van der Waals surface area contributed by atoms with Crippen LogP contribution in [-0.4, -0.2) is 5.54 Å². The van der Waals surface area contributed by atoms with Crippen molar-refractivity contribution in [2.45, 2.75) is 53.0 Å². The average Bonchev–Trinajstić information content (AvgIpc) is 2.13. The Hall–Kier alpha value is -0.460. The SMILES string of the molecule is C=C(C)NC1(C)CCC(C)C1(C)C. The smallest absolute Gasteiger partial charge is 0.0395 e. The molecule has 76 valence electrons. The van der Waals surface area contributed by atoms with E-state index in [0.717, 1.165) is 11.6 Å². The molecule has 1 rings (SSSR count). The van der Waals surface area contributed by atoms with Gasteiger partial charge in [-0.1, -0.05) is 27.4 Å². The van der Waals surface area contributed by atoms with E-state index in [9.17, 15) is 0 Å². The summed E-state index contributed by atoms with van der Waals surface area (Å²) >= 11 is 0. The van der Waals surface area contributed by atoms with Crippen LogP contribution in [0.5, 0.6) is 0 Å². The number of hydrogen-bond donors (Lipinski definition) is 1. The van der Waals surface area contributed by atoms with E-state index in [1.54, 1.807) is 0 Å². The standard InChI is InChI=1S/C12H23N/c1-9(2)13-12(6)8-7-10(3)11(12,4)5/h10,13H,1,7-8H2,2-6H3. The third-order valence-corrected chi connectivity index (χ3v) is 4.22. The van der Waals surface area contributed by atoms with Crippen LogP contribution in [-0.2, 0) is 0 Å². The van der Waals surface area contributed by atoms with E-state index < -0.39 is 0 Å². The Kier molecular flexibility index (Phi) is 2.48. The van der Waals surface area contributed by atoms with Gasteiger partial charge in [-0.15, -0.1) is 0 Å². The Morgan fingerprint density at radius 2 is 1.92 bits per heavy atom. The van der Waals surface area contributed by atoms with Crippen molar-refractivity contribution < 1.29 is 0 Å². The summed E-state index contributed by atoms with van der Waals surface area (Å²) < 4.78 is 0. The van der Waals surface area contributed by atoms with Gasteiger partial charge in [0.05, 0.1) is 0 Å². The van der Waals surface area contributed by atoms with Gasteiger partial charge in [-0.25, -0.2) is 0 Å². The van der Waals surface area contributed by atoms with Gasteiger partial charge in [-0.2, -0.15) is 0 Å². The maximum atomic E-state index is 3.94. The van der Waals surface area contributed by atoms with E-state index in [2.05, 4.69) is 39.6 Å². The zero-order valence-corrected chi connectivity index (χ0v) is 9.70. The molecule has 0 bridgehead atoms. The van der Waals surface area contributed by atoms with E-state index in [1.165, 1.54) is 12.8 Å². The van der Waals surface area contributed by atoms with E-state index in [1.807, 2.05) is 6.92 Å². The lowest BCUT2D eigenvalue weighted by Crippen LogP contribution is -2.50. The molecule has 0 amide bonds. The average molecular weight is 181 g/mol. The maximum Gasteiger partial charge on any atom is 0.0395 e. The van der Waals surface area contributed by atoms with Gasteiger partial charge < -0.3 is 5.32 Å². The molecule has 0 aromatic heterocycles. The van der Waals surface area contributed by atoms with Crippen LogP contribution in [0.4, 0.5) is 0 Å². The van der Waals surface area contributed by atoms with Crippen molar-refractivity contribution in [1.82, 2.24) is 5.32 Å². The van der Waals surface area contributed by atoms with Crippen LogP contribution in [0, 0.1) is 11.3 Å². The first-order valence-electron chi connectivity index (χ1n) is 5.23. The molecule has 2 atom stereocenters. The van der Waals surface area contributed by atoms with E-state index in [-0.39, 0.29) is 5.54 Å². The molecule has 0 aliphatic heterocycles. The van der Waals surface area contributed by atoms with Crippen LogP contribution in [0.1, 0.15) is 47.5 Å². The lowest BCUT2D eigenvalue weighted by molar-refractivity contribution is 0.148. The largest absolute Gasteiger partial charge is 0.383 e. The number of nitrogens with one attached hydrogen (secondary N) is 1. The topological polar surface area (TPSA) is 12.0 Å². The minimum absolute atomic E-state index is 0.234. The summed E-state index contributed by atoms with van der Waals surface area (Å²) in [5, 5.41) is 3.54. The second kappa shape index (κ2) is 3.04. The minimum atomic E-state index is 0.234. The third kappa shape index (κ3) is 1.61. The maximum absolute atomic E-state index is 3.94. The monoisotopic (exact) mass is 181 g/mol. The predicted molar refractivity (Wildman–Crippen MR) is 58.5 cm³/mol. The summed E-state index contributed by atoms with van der Waals surface area (Å²) in [4.78, 5) is 0. The molecule has 0 aromatic carbocycles. The fourth-order valence-corrected chi connectivity index (χ4v) is 2.43. The van der Waals surface area contributed by atoms with Crippen molar-refractivity contribution in [3.05, 3.63) is 12.3 Å². The van der Waals surface area contributed by atoms with Crippen LogP contribution in [0.15, 0.2) is 12.3 Å². The Labute approximate surface area is 82.6 Å². The fourth-order valence-electron chi connectivity index (χ4n) is 2.43. The van der Waals surface area contributed by atoms with Crippen molar-refractivity contribution in [2.75, 3.05) is 0 Å². The highest BCUT2D eigenvalue weighted by Crippen LogP contribution is 2.49. The van der Waals surface area contributed by atoms with Gasteiger partial charge in [-0.05, 0) is 38.0 Å². The zero-order chi connectivity index (χ0) is 10.3. The molecule has 2 unspecified atom stereocenters. The molecule has 1 saturated carbocycles. The quantitative estimate of drug-likeness (QED) is 0.689. The molecule has 1 heteroatoms. The van der Waals surface area contributed by atoms with Crippen molar-refractivity contribution >= 4 is 0 Å². The molecular weight excluding hydrogens is 158 g/mol. The molecule has 0 radical (unpaired) electrons. The van der Waals surface area contributed by atoms with Gasteiger partial charge in [0.25, 0.3) is 0 Å². The van der Waals surface area contributed by atoms with Crippen LogP contribution in [0.25, 0.3) is 0 Å². The first kappa shape index (κ1) is 10.6. The molecule has 0 saturated heterocycles. The summed E-state index contributed by atoms with van der Waals surface area (Å²) in [7, 11) is 0. The van der Waals surface area contributed by atoms with Gasteiger partial charge in [0.2, 0.25) is 0 Å². The van der Waals surface area contributed by atoms with Crippen LogP contribution < -0.4 is 5.32 Å². The second-order valence-electron chi connectivity index (χ2n) is 5.40. The number of allylic oxidation sites excluding steroid dienone is 1. The summed E-state index contributed by atoms with van der Waals surface area (Å²) in [6.45, 7) is 15.4. The van der Waals surface area contributed by atoms with Gasteiger partial charge in [0.15, 0.2) is 0 Å². The molecule has 13 heavy (non-hydrogen) atoms. The molecule has 1 nitrogen and oxygen atoms in total. The molecule has 0 heterocycles. The van der Waals surface area contributed by atoms with E-state index in [4.69, 9.17) is 0 Å². The van der Waals surface area contributed by atoms with Crippen LogP contribution in [0.3, 0.4) is 0 Å². The predicted octanol–water partition coefficient (Wildman–Crippen LogP) is 3.32. The summed E-state index contributed by atoms with van der Waals surface area (Å²) in [5.74, 6) is 0.796. The van der Waals surface area contributed by atoms with Crippen LogP contribution >= 0.6 is 0 Å². The zero-order valence-electron chi connectivity index (χ0n) is 9.70. The molecule has 1 N–H and O–H groups in total. The second-order valence-corrected chi connectivity index (χ2v) is 5.40. The van der Waals surface area contributed by atoms with Crippen molar-refractivity contribution in [3.8, 4) is 0 Å². The van der Waals surface area contributed by atoms with Gasteiger partial charge >= 0.3 is 0 Å². The van der Waals surface area contributed by atoms with Crippen LogP contribution in [0.2, 0.25) is 0 Å². The number of rotatable bonds is 2. The summed E-state index contributed by atoms with van der Waals surface area (Å²) in [5.41, 5.74) is 1.69. The van der Waals surface area contributed by atoms with Gasteiger partial charge in [0, 0.05) is 11.2 Å². The first-order chi connectivity index (χ1) is 5.79. The first-order valence-corrected chi connectivity index (χ1v) is 5.23. The molecule has 0 spiro atoms. The van der Waals surface area contributed by atoms with E-state index in [0.29, 0.717) is 5.41 Å². The highest BCUT2D eigenvalue weighted by molar-refractivity contribution is 5.09. The lowest BCUT2D eigenvalue weighted by Gasteiger charge is -2.42. The summed E-state index contributed by atoms with van der Waals surface area (Å²) in [6, 6.07) is 0. The van der Waals surface area contributed by atoms with Gasteiger partial charge in [-0.3, -0.25) is 0 Å². The Balaban J connectivity index is 2.85. The molecule has 1 aliphatic carbocycles. The molecule has 1 fully saturated rings. The highest BCUT2D eigenvalue weighted by Gasteiger charge is 2.49. The van der Waals surface area contributed by atoms with Gasteiger partial charge in [0.1, 0.15) is 0 Å². The highest BCUT2D eigenvalue weighted by atomic mass is 15.0.